The number of aryl methyl sites for hydroxylation is 1. The molecule has 2 atom stereocenters. The third kappa shape index (κ3) is 6.33. The van der Waals surface area contributed by atoms with E-state index in [1.54, 1.807) is 12.3 Å². The highest BCUT2D eigenvalue weighted by atomic mass is 28.3. The molecule has 0 spiro atoms. The largest absolute Gasteiger partial charge is 0.507 e. The van der Waals surface area contributed by atoms with Gasteiger partial charge in [-0.2, -0.15) is 0 Å². The van der Waals surface area contributed by atoms with Crippen molar-refractivity contribution in [3.63, 3.8) is 0 Å². The molecule has 2 unspecified atom stereocenters. The van der Waals surface area contributed by atoms with Crippen molar-refractivity contribution in [1.82, 2.24) is 9.97 Å². The molecule has 0 aliphatic rings. The van der Waals surface area contributed by atoms with Gasteiger partial charge in [0.25, 0.3) is 6.29 Å². The zero-order valence-electron chi connectivity index (χ0n) is 18.1. The lowest BCUT2D eigenvalue weighted by atomic mass is 10.1. The summed E-state index contributed by atoms with van der Waals surface area (Å²) >= 11 is 0. The molecule has 0 aliphatic heterocycles. The maximum Gasteiger partial charge on any atom is 0.266 e. The van der Waals surface area contributed by atoms with Crippen LogP contribution in [-0.2, 0) is 11.2 Å². The van der Waals surface area contributed by atoms with Gasteiger partial charge < -0.3 is 24.3 Å². The van der Waals surface area contributed by atoms with Gasteiger partial charge >= 0.3 is 0 Å². The first-order valence-corrected chi connectivity index (χ1v) is 13.5. The van der Waals surface area contributed by atoms with Crippen molar-refractivity contribution in [2.24, 2.45) is 0 Å². The number of phenols is 1. The molecular formula is C21H32N2O5Si. The second-order valence-corrected chi connectivity index (χ2v) is 13.7. The fourth-order valence-electron chi connectivity index (χ4n) is 2.50. The van der Waals surface area contributed by atoms with Gasteiger partial charge in [0, 0.05) is 18.2 Å². The van der Waals surface area contributed by atoms with Crippen molar-refractivity contribution in [1.29, 1.82) is 0 Å². The first-order chi connectivity index (χ1) is 13.7. The van der Waals surface area contributed by atoms with E-state index in [4.69, 9.17) is 14.2 Å². The minimum absolute atomic E-state index is 0.115. The van der Waals surface area contributed by atoms with Crippen LogP contribution in [-0.4, -0.2) is 48.1 Å². The third-order valence-corrected chi connectivity index (χ3v) is 7.41. The van der Waals surface area contributed by atoms with Gasteiger partial charge in [0.05, 0.1) is 26.9 Å². The topological polar surface area (TPSA) is 93.7 Å². The SMILES string of the molecule is CCCCc1ncc(OC(OC(C)[Si](C)(C)C)C(=O)c2ccc(OC)cc2O)[nH]1. The molecule has 1 aromatic carbocycles. The van der Waals surface area contributed by atoms with Crippen molar-refractivity contribution in [3.05, 3.63) is 35.8 Å². The number of ether oxygens (including phenoxy) is 3. The molecule has 1 aromatic heterocycles. The summed E-state index contributed by atoms with van der Waals surface area (Å²) in [5.41, 5.74) is -0.0244. The first kappa shape index (κ1) is 23.0. The molecule has 29 heavy (non-hydrogen) atoms. The normalized spacial score (nSPS) is 13.7. The molecule has 7 nitrogen and oxygen atoms in total. The maximum atomic E-state index is 13.1. The van der Waals surface area contributed by atoms with Crippen molar-refractivity contribution in [3.8, 4) is 17.4 Å². The number of nitrogens with zero attached hydrogens (tertiary/aromatic N) is 1. The Hall–Kier alpha value is -2.32. The first-order valence-electron chi connectivity index (χ1n) is 9.93. The molecule has 0 bridgehead atoms. The number of rotatable bonds is 11. The van der Waals surface area contributed by atoms with Gasteiger partial charge in [-0.1, -0.05) is 33.0 Å². The van der Waals surface area contributed by atoms with Crippen LogP contribution in [0.25, 0.3) is 0 Å². The molecule has 2 rings (SSSR count). The Bertz CT molecular complexity index is 816. The van der Waals surface area contributed by atoms with Crippen molar-refractivity contribution < 1.29 is 24.1 Å². The van der Waals surface area contributed by atoms with Crippen molar-refractivity contribution in [2.75, 3.05) is 7.11 Å². The van der Waals surface area contributed by atoms with Crippen LogP contribution in [0, 0.1) is 0 Å². The highest BCUT2D eigenvalue weighted by Crippen LogP contribution is 2.27. The Morgan fingerprint density at radius 3 is 2.62 bits per heavy atom. The zero-order valence-corrected chi connectivity index (χ0v) is 19.1. The minimum atomic E-state index is -1.69. The summed E-state index contributed by atoms with van der Waals surface area (Å²) in [6, 6.07) is 4.52. The number of aromatic nitrogens is 2. The summed E-state index contributed by atoms with van der Waals surface area (Å²) in [5, 5.41) is 10.3. The van der Waals surface area contributed by atoms with Gasteiger partial charge in [0.15, 0.2) is 0 Å². The molecule has 2 N–H and O–H groups in total. The number of aromatic hydroxyl groups is 1. The smallest absolute Gasteiger partial charge is 0.266 e. The molecule has 1 heterocycles. The molecule has 0 saturated carbocycles. The summed E-state index contributed by atoms with van der Waals surface area (Å²) in [7, 11) is -0.196. The number of unbranched alkanes of at least 4 members (excludes halogenated alkanes) is 1. The molecule has 0 saturated heterocycles. The number of H-pyrrole nitrogens is 1. The quantitative estimate of drug-likeness (QED) is 0.319. The second-order valence-electron chi connectivity index (χ2n) is 8.14. The number of aromatic amines is 1. The molecule has 0 aliphatic carbocycles. The molecule has 0 amide bonds. The van der Waals surface area contributed by atoms with Gasteiger partial charge in [0.1, 0.15) is 17.3 Å². The minimum Gasteiger partial charge on any atom is -0.507 e. The zero-order chi connectivity index (χ0) is 21.6. The van der Waals surface area contributed by atoms with Gasteiger partial charge in [-0.25, -0.2) is 4.98 Å². The van der Waals surface area contributed by atoms with Crippen molar-refractivity contribution in [2.45, 2.75) is 64.8 Å². The summed E-state index contributed by atoms with van der Waals surface area (Å²) in [4.78, 5) is 20.5. The summed E-state index contributed by atoms with van der Waals surface area (Å²) < 4.78 is 17.0. The monoisotopic (exact) mass is 420 g/mol. The predicted octanol–water partition coefficient (Wildman–Crippen LogP) is 4.34. The Morgan fingerprint density at radius 1 is 1.31 bits per heavy atom. The molecular weight excluding hydrogens is 388 g/mol. The third-order valence-electron chi connectivity index (χ3n) is 4.84. The van der Waals surface area contributed by atoms with E-state index in [-0.39, 0.29) is 17.0 Å². The lowest BCUT2D eigenvalue weighted by molar-refractivity contribution is -0.0691. The molecule has 8 heteroatoms. The highest BCUT2D eigenvalue weighted by molar-refractivity contribution is 6.77. The molecule has 2 aromatic rings. The number of benzene rings is 1. The van der Waals surface area contributed by atoms with E-state index in [2.05, 4.69) is 36.5 Å². The Labute approximate surface area is 173 Å². The van der Waals surface area contributed by atoms with Gasteiger partial charge in [0.2, 0.25) is 11.7 Å². The molecule has 0 radical (unpaired) electrons. The van der Waals surface area contributed by atoms with Crippen LogP contribution in [0.5, 0.6) is 17.4 Å². The number of hydrogen-bond acceptors (Lipinski definition) is 6. The van der Waals surface area contributed by atoms with Crippen LogP contribution >= 0.6 is 0 Å². The highest BCUT2D eigenvalue weighted by Gasteiger charge is 2.33. The summed E-state index contributed by atoms with van der Waals surface area (Å²) in [6.07, 6.45) is 3.24. The number of hydrogen-bond donors (Lipinski definition) is 2. The number of carbonyl (C=O) groups is 1. The number of nitrogens with one attached hydrogen (secondary N) is 1. The fraction of sp³-hybridized carbons (Fsp3) is 0.524. The van der Waals surface area contributed by atoms with Crippen molar-refractivity contribution >= 4 is 13.9 Å². The van der Waals surface area contributed by atoms with Crippen LogP contribution in [0.2, 0.25) is 19.6 Å². The lowest BCUT2D eigenvalue weighted by Gasteiger charge is -2.29. The lowest BCUT2D eigenvalue weighted by Crippen LogP contribution is -2.44. The predicted molar refractivity (Wildman–Crippen MR) is 114 cm³/mol. The Balaban J connectivity index is 2.26. The Kier molecular flexibility index (Phi) is 7.86. The molecule has 160 valence electrons. The number of imidazole rings is 1. The molecule has 0 fully saturated rings. The standard InChI is InChI=1S/C21H32N2O5Si/c1-7-8-9-18-22-13-19(23-18)28-21(27-14(2)29(4,5)6)20(25)16-11-10-15(26-3)12-17(16)24/h10-14,21,24H,7-9H2,1-6H3,(H,22,23). The van der Waals surface area contributed by atoms with E-state index < -0.39 is 20.1 Å². The number of Topliss-reactive ketones (excluding diaryl/α,β-unsaturated/α-hetero) is 1. The maximum absolute atomic E-state index is 13.1. The van der Waals surface area contributed by atoms with E-state index in [1.165, 1.54) is 19.2 Å². The number of methoxy groups -OCH3 is 1. The van der Waals surface area contributed by atoms with E-state index in [0.717, 1.165) is 25.1 Å². The van der Waals surface area contributed by atoms with Gasteiger partial charge in [-0.3, -0.25) is 4.79 Å². The number of ketones is 1. The summed E-state index contributed by atoms with van der Waals surface area (Å²) in [6.45, 7) is 10.5. The van der Waals surface area contributed by atoms with Gasteiger partial charge in [-0.05, 0) is 25.5 Å². The average Bonchev–Trinajstić information content (AvgIpc) is 3.11. The van der Waals surface area contributed by atoms with E-state index in [1.807, 2.05) is 6.92 Å². The van der Waals surface area contributed by atoms with Crippen LogP contribution in [0.4, 0.5) is 0 Å². The van der Waals surface area contributed by atoms with Gasteiger partial charge in [-0.15, -0.1) is 0 Å². The van der Waals surface area contributed by atoms with Crippen LogP contribution in [0.15, 0.2) is 24.4 Å². The van der Waals surface area contributed by atoms with Crippen LogP contribution in [0.3, 0.4) is 0 Å². The van der Waals surface area contributed by atoms with E-state index >= 15 is 0 Å². The Morgan fingerprint density at radius 2 is 2.03 bits per heavy atom. The van der Waals surface area contributed by atoms with Crippen LogP contribution < -0.4 is 9.47 Å². The van der Waals surface area contributed by atoms with E-state index in [9.17, 15) is 9.90 Å². The number of phenolic OH excluding ortho intramolecular Hbond substituents is 1. The fourth-order valence-corrected chi connectivity index (χ4v) is 3.03. The average molecular weight is 421 g/mol. The van der Waals surface area contributed by atoms with Crippen LogP contribution in [0.1, 0.15) is 42.9 Å². The van der Waals surface area contributed by atoms with E-state index in [0.29, 0.717) is 11.6 Å². The number of carbonyl (C=O) groups excluding carboxylic acids is 1. The summed E-state index contributed by atoms with van der Waals surface area (Å²) in [5.74, 6) is 0.992. The second kappa shape index (κ2) is 9.93.